The van der Waals surface area contributed by atoms with Gasteiger partial charge in [0.2, 0.25) is 0 Å². The van der Waals surface area contributed by atoms with Crippen LogP contribution in [0, 0.1) is 3.57 Å². The number of hydrogen-bond acceptors (Lipinski definition) is 1. The molecule has 90 valence electrons. The maximum absolute atomic E-state index is 6.31. The van der Waals surface area contributed by atoms with E-state index in [1.165, 1.54) is 0 Å². The van der Waals surface area contributed by atoms with Crippen LogP contribution < -0.4 is 0 Å². The molecule has 17 heavy (non-hydrogen) atoms. The molecule has 0 amide bonds. The summed E-state index contributed by atoms with van der Waals surface area (Å²) in [5, 5.41) is 2.31. The van der Waals surface area contributed by atoms with Crippen molar-refractivity contribution in [3.63, 3.8) is 0 Å². The number of benzene rings is 1. The van der Waals surface area contributed by atoms with Crippen LogP contribution in [0.2, 0.25) is 10.0 Å². The molecule has 0 atom stereocenters. The summed E-state index contributed by atoms with van der Waals surface area (Å²) < 4.78 is 1.03. The molecule has 0 N–H and O–H groups in total. The summed E-state index contributed by atoms with van der Waals surface area (Å²) in [6.45, 7) is 6.38. The first-order chi connectivity index (χ1) is 7.79. The van der Waals surface area contributed by atoms with Crippen LogP contribution in [-0.2, 0) is 5.41 Å². The summed E-state index contributed by atoms with van der Waals surface area (Å²) in [5.74, 6) is 0. The predicted octanol–water partition coefficient (Wildman–Crippen LogP) is 5.44. The SMILES string of the molecule is CC(C)(C)c1cc(Cl)c2cc(Cl)cc(I)c2n1. The minimum absolute atomic E-state index is 0.0133. The van der Waals surface area contributed by atoms with E-state index in [9.17, 15) is 0 Å². The predicted molar refractivity (Wildman–Crippen MR) is 83.2 cm³/mol. The molecule has 0 aliphatic rings. The van der Waals surface area contributed by atoms with E-state index >= 15 is 0 Å². The molecule has 0 fully saturated rings. The zero-order valence-electron chi connectivity index (χ0n) is 9.81. The van der Waals surface area contributed by atoms with Gasteiger partial charge in [0.1, 0.15) is 0 Å². The smallest absolute Gasteiger partial charge is 0.0854 e. The summed E-state index contributed by atoms with van der Waals surface area (Å²) in [4.78, 5) is 4.70. The van der Waals surface area contributed by atoms with Crippen LogP contribution in [0.3, 0.4) is 0 Å². The third-order valence-electron chi connectivity index (χ3n) is 2.55. The molecular formula is C13H12Cl2IN. The van der Waals surface area contributed by atoms with Crippen LogP contribution >= 0.6 is 45.8 Å². The van der Waals surface area contributed by atoms with Crippen molar-refractivity contribution in [2.45, 2.75) is 26.2 Å². The fourth-order valence-corrected chi connectivity index (χ4v) is 2.99. The van der Waals surface area contributed by atoms with Crippen molar-refractivity contribution in [1.29, 1.82) is 0 Å². The Labute approximate surface area is 125 Å². The summed E-state index contributed by atoms with van der Waals surface area (Å²) >= 11 is 14.6. The number of aromatic nitrogens is 1. The van der Waals surface area contributed by atoms with Crippen LogP contribution in [0.25, 0.3) is 10.9 Å². The second kappa shape index (κ2) is 4.56. The average Bonchev–Trinajstić information content (AvgIpc) is 2.17. The highest BCUT2D eigenvalue weighted by molar-refractivity contribution is 14.1. The average molecular weight is 380 g/mol. The Kier molecular flexibility index (Phi) is 3.59. The Hall–Kier alpha value is -0.0600. The molecule has 0 aliphatic heterocycles. The van der Waals surface area contributed by atoms with Gasteiger partial charge in [-0.05, 0) is 40.8 Å². The lowest BCUT2D eigenvalue weighted by Crippen LogP contribution is -2.13. The summed E-state index contributed by atoms with van der Waals surface area (Å²) in [6.07, 6.45) is 0. The van der Waals surface area contributed by atoms with Crippen molar-refractivity contribution in [3.05, 3.63) is 37.5 Å². The van der Waals surface area contributed by atoms with Crippen molar-refractivity contribution >= 4 is 56.7 Å². The summed E-state index contributed by atoms with van der Waals surface area (Å²) in [5.41, 5.74) is 1.91. The first kappa shape index (κ1) is 13.4. The van der Waals surface area contributed by atoms with Crippen molar-refractivity contribution in [3.8, 4) is 0 Å². The molecular weight excluding hydrogens is 368 g/mol. The lowest BCUT2D eigenvalue weighted by Gasteiger charge is -2.19. The third-order valence-corrected chi connectivity index (χ3v) is 3.90. The number of fused-ring (bicyclic) bond motifs is 1. The van der Waals surface area contributed by atoms with Crippen molar-refractivity contribution in [2.24, 2.45) is 0 Å². The lowest BCUT2D eigenvalue weighted by atomic mass is 9.91. The molecule has 0 aliphatic carbocycles. The fourth-order valence-electron chi connectivity index (χ4n) is 1.60. The summed E-state index contributed by atoms with van der Waals surface area (Å²) in [7, 11) is 0. The molecule has 0 radical (unpaired) electrons. The van der Waals surface area contributed by atoms with Gasteiger partial charge in [0, 0.05) is 25.1 Å². The topological polar surface area (TPSA) is 12.9 Å². The van der Waals surface area contributed by atoms with E-state index in [0.717, 1.165) is 20.2 Å². The molecule has 1 aromatic carbocycles. The van der Waals surface area contributed by atoms with Gasteiger partial charge in [0.25, 0.3) is 0 Å². The molecule has 1 nitrogen and oxygen atoms in total. The van der Waals surface area contributed by atoms with Gasteiger partial charge in [-0.1, -0.05) is 44.0 Å². The number of pyridine rings is 1. The molecule has 0 unspecified atom stereocenters. The van der Waals surface area contributed by atoms with Gasteiger partial charge in [0.05, 0.1) is 10.5 Å². The Balaban J connectivity index is 2.83. The molecule has 0 saturated heterocycles. The monoisotopic (exact) mass is 379 g/mol. The minimum atomic E-state index is -0.0133. The normalized spacial score (nSPS) is 12.1. The molecule has 2 rings (SSSR count). The van der Waals surface area contributed by atoms with E-state index in [0.29, 0.717) is 10.0 Å². The van der Waals surface area contributed by atoms with E-state index in [-0.39, 0.29) is 5.41 Å². The Morgan fingerprint density at radius 1 is 1.12 bits per heavy atom. The van der Waals surface area contributed by atoms with E-state index in [1.807, 2.05) is 18.2 Å². The van der Waals surface area contributed by atoms with Crippen LogP contribution in [-0.4, -0.2) is 4.98 Å². The molecule has 0 saturated carbocycles. The number of nitrogens with zero attached hydrogens (tertiary/aromatic N) is 1. The van der Waals surface area contributed by atoms with E-state index < -0.39 is 0 Å². The molecule has 0 bridgehead atoms. The first-order valence-electron chi connectivity index (χ1n) is 5.25. The molecule has 2 aromatic rings. The second-order valence-electron chi connectivity index (χ2n) is 5.02. The van der Waals surface area contributed by atoms with E-state index in [1.54, 1.807) is 0 Å². The number of rotatable bonds is 0. The molecule has 4 heteroatoms. The fraction of sp³-hybridized carbons (Fsp3) is 0.308. The van der Waals surface area contributed by atoms with Gasteiger partial charge in [-0.2, -0.15) is 0 Å². The number of halogens is 3. The first-order valence-corrected chi connectivity index (χ1v) is 7.08. The highest BCUT2D eigenvalue weighted by atomic mass is 127. The van der Waals surface area contributed by atoms with Gasteiger partial charge in [-0.3, -0.25) is 4.98 Å². The maximum atomic E-state index is 6.31. The Bertz CT molecular complexity index is 588. The van der Waals surface area contributed by atoms with Gasteiger partial charge in [-0.15, -0.1) is 0 Å². The van der Waals surface area contributed by atoms with E-state index in [4.69, 9.17) is 28.2 Å². The van der Waals surface area contributed by atoms with Gasteiger partial charge >= 0.3 is 0 Å². The van der Waals surface area contributed by atoms with Gasteiger partial charge in [-0.25, -0.2) is 0 Å². The largest absolute Gasteiger partial charge is 0.251 e. The highest BCUT2D eigenvalue weighted by Crippen LogP contribution is 2.33. The second-order valence-corrected chi connectivity index (χ2v) is 7.03. The molecule has 1 heterocycles. The lowest BCUT2D eigenvalue weighted by molar-refractivity contribution is 0.571. The zero-order chi connectivity index (χ0) is 12.8. The van der Waals surface area contributed by atoms with Crippen LogP contribution in [0.1, 0.15) is 26.5 Å². The minimum Gasteiger partial charge on any atom is -0.251 e. The Morgan fingerprint density at radius 2 is 1.76 bits per heavy atom. The summed E-state index contributed by atoms with van der Waals surface area (Å²) in [6, 6.07) is 5.69. The van der Waals surface area contributed by atoms with Gasteiger partial charge in [0.15, 0.2) is 0 Å². The molecule has 1 aromatic heterocycles. The van der Waals surface area contributed by atoms with Crippen molar-refractivity contribution in [1.82, 2.24) is 4.98 Å². The van der Waals surface area contributed by atoms with Crippen LogP contribution in [0.15, 0.2) is 18.2 Å². The zero-order valence-corrected chi connectivity index (χ0v) is 13.5. The quantitative estimate of drug-likeness (QED) is 0.555. The third kappa shape index (κ3) is 2.69. The van der Waals surface area contributed by atoms with Crippen LogP contribution in [0.4, 0.5) is 0 Å². The van der Waals surface area contributed by atoms with Crippen LogP contribution in [0.5, 0.6) is 0 Å². The van der Waals surface area contributed by atoms with Crippen molar-refractivity contribution < 1.29 is 0 Å². The Morgan fingerprint density at radius 3 is 2.35 bits per heavy atom. The maximum Gasteiger partial charge on any atom is 0.0854 e. The highest BCUT2D eigenvalue weighted by Gasteiger charge is 2.18. The molecule has 0 spiro atoms. The van der Waals surface area contributed by atoms with Gasteiger partial charge < -0.3 is 0 Å². The standard InChI is InChI=1S/C13H12Cl2IN/c1-13(2,3)11-6-9(15)8-4-7(14)5-10(16)12(8)17-11/h4-6H,1-3H3. The van der Waals surface area contributed by atoms with Crippen molar-refractivity contribution in [2.75, 3.05) is 0 Å². The van der Waals surface area contributed by atoms with E-state index in [2.05, 4.69) is 43.4 Å². The number of hydrogen-bond donors (Lipinski definition) is 0.